The monoisotopic (exact) mass is 398 g/mol. The van der Waals surface area contributed by atoms with Crippen LogP contribution in [0, 0.1) is 0 Å². The topological polar surface area (TPSA) is 69.0 Å². The van der Waals surface area contributed by atoms with Crippen molar-refractivity contribution in [2.45, 2.75) is 13.1 Å². The maximum absolute atomic E-state index is 13.0. The Morgan fingerprint density at radius 3 is 2.47 bits per heavy atom. The molecule has 4 aromatic rings. The van der Waals surface area contributed by atoms with E-state index in [9.17, 15) is 4.79 Å². The van der Waals surface area contributed by atoms with Crippen LogP contribution in [0.3, 0.4) is 0 Å². The van der Waals surface area contributed by atoms with Crippen LogP contribution < -0.4 is 10.1 Å². The molecule has 2 aromatic heterocycles. The van der Waals surface area contributed by atoms with E-state index in [0.29, 0.717) is 24.3 Å². The third-order valence-electron chi connectivity index (χ3n) is 4.71. The zero-order valence-corrected chi connectivity index (χ0v) is 16.7. The van der Waals surface area contributed by atoms with E-state index in [1.807, 2.05) is 72.8 Å². The number of pyridine rings is 1. The minimum atomic E-state index is -0.189. The summed E-state index contributed by atoms with van der Waals surface area (Å²) >= 11 is 0. The molecule has 2 heterocycles. The lowest BCUT2D eigenvalue weighted by Gasteiger charge is -2.06. The molecule has 0 spiro atoms. The van der Waals surface area contributed by atoms with Crippen molar-refractivity contribution in [1.82, 2.24) is 20.1 Å². The standard InChI is InChI=1S/C24H22N4O2/c1-30-21-12-10-19(11-13-21)23-22(24(29)26-15-20-9-5-6-14-25-20)17-28(27-23)16-18-7-3-2-4-8-18/h2-14,17H,15-16H2,1H3,(H,26,29). The second kappa shape index (κ2) is 9.05. The molecule has 0 aliphatic heterocycles. The summed E-state index contributed by atoms with van der Waals surface area (Å²) in [6.45, 7) is 0.934. The van der Waals surface area contributed by atoms with Gasteiger partial charge < -0.3 is 10.1 Å². The summed E-state index contributed by atoms with van der Waals surface area (Å²) in [6, 6.07) is 23.2. The molecule has 1 N–H and O–H groups in total. The van der Waals surface area contributed by atoms with Crippen molar-refractivity contribution >= 4 is 5.91 Å². The quantitative estimate of drug-likeness (QED) is 0.512. The van der Waals surface area contributed by atoms with Crippen LogP contribution in [0.4, 0.5) is 0 Å². The summed E-state index contributed by atoms with van der Waals surface area (Å²) in [5.74, 6) is 0.564. The highest BCUT2D eigenvalue weighted by molar-refractivity contribution is 5.99. The Bertz CT molecular complexity index is 1110. The van der Waals surface area contributed by atoms with Crippen LogP contribution >= 0.6 is 0 Å². The highest BCUT2D eigenvalue weighted by Crippen LogP contribution is 2.25. The van der Waals surface area contributed by atoms with Crippen LogP contribution in [0.25, 0.3) is 11.3 Å². The van der Waals surface area contributed by atoms with Crippen molar-refractivity contribution in [3.05, 3.63) is 102 Å². The van der Waals surface area contributed by atoms with Gasteiger partial charge in [-0.25, -0.2) is 0 Å². The number of carbonyl (C=O) groups excluding carboxylic acids is 1. The van der Waals surface area contributed by atoms with Gasteiger partial charge in [0.25, 0.3) is 5.91 Å². The van der Waals surface area contributed by atoms with Crippen molar-refractivity contribution in [1.29, 1.82) is 0 Å². The molecule has 0 radical (unpaired) electrons. The third-order valence-corrected chi connectivity index (χ3v) is 4.71. The normalized spacial score (nSPS) is 10.6. The van der Waals surface area contributed by atoms with Gasteiger partial charge in [-0.1, -0.05) is 36.4 Å². The molecule has 4 rings (SSSR count). The fourth-order valence-corrected chi connectivity index (χ4v) is 3.17. The molecule has 30 heavy (non-hydrogen) atoms. The van der Waals surface area contributed by atoms with Crippen molar-refractivity contribution in [3.8, 4) is 17.0 Å². The number of nitrogens with one attached hydrogen (secondary N) is 1. The highest BCUT2D eigenvalue weighted by Gasteiger charge is 2.18. The van der Waals surface area contributed by atoms with Gasteiger partial charge >= 0.3 is 0 Å². The van der Waals surface area contributed by atoms with Crippen LogP contribution in [-0.4, -0.2) is 27.8 Å². The molecule has 6 heteroatoms. The van der Waals surface area contributed by atoms with Crippen LogP contribution in [0.5, 0.6) is 5.75 Å². The van der Waals surface area contributed by atoms with E-state index in [2.05, 4.69) is 10.3 Å². The maximum Gasteiger partial charge on any atom is 0.255 e. The number of ether oxygens (including phenoxy) is 1. The molecule has 0 aliphatic carbocycles. The van der Waals surface area contributed by atoms with E-state index in [4.69, 9.17) is 9.84 Å². The first-order valence-corrected chi connectivity index (χ1v) is 9.67. The van der Waals surface area contributed by atoms with Gasteiger partial charge in [-0.2, -0.15) is 5.10 Å². The van der Waals surface area contributed by atoms with Crippen molar-refractivity contribution < 1.29 is 9.53 Å². The number of hydrogen-bond donors (Lipinski definition) is 1. The van der Waals surface area contributed by atoms with E-state index >= 15 is 0 Å². The molecular weight excluding hydrogens is 376 g/mol. The number of methoxy groups -OCH3 is 1. The van der Waals surface area contributed by atoms with E-state index in [1.165, 1.54) is 0 Å². The van der Waals surface area contributed by atoms with Gasteiger partial charge in [-0.3, -0.25) is 14.5 Å². The van der Waals surface area contributed by atoms with Gasteiger partial charge in [0.2, 0.25) is 0 Å². The number of aromatic nitrogens is 3. The number of amides is 1. The zero-order valence-electron chi connectivity index (χ0n) is 16.7. The third kappa shape index (κ3) is 4.55. The molecule has 0 saturated heterocycles. The first-order chi connectivity index (χ1) is 14.7. The molecule has 0 unspecified atom stereocenters. The fourth-order valence-electron chi connectivity index (χ4n) is 3.17. The van der Waals surface area contributed by atoms with Gasteiger partial charge in [-0.15, -0.1) is 0 Å². The van der Waals surface area contributed by atoms with E-state index in [1.54, 1.807) is 24.2 Å². The lowest BCUT2D eigenvalue weighted by molar-refractivity contribution is 0.0951. The number of carbonyl (C=O) groups is 1. The number of hydrogen-bond acceptors (Lipinski definition) is 4. The SMILES string of the molecule is COc1ccc(-c2nn(Cc3ccccc3)cc2C(=O)NCc2ccccn2)cc1. The smallest absolute Gasteiger partial charge is 0.255 e. The Labute approximate surface area is 175 Å². The zero-order chi connectivity index (χ0) is 20.8. The largest absolute Gasteiger partial charge is 0.497 e. The van der Waals surface area contributed by atoms with Crippen LogP contribution in [0.1, 0.15) is 21.6 Å². The second-order valence-electron chi connectivity index (χ2n) is 6.81. The van der Waals surface area contributed by atoms with Gasteiger partial charge in [0.1, 0.15) is 11.4 Å². The molecule has 1 amide bonds. The highest BCUT2D eigenvalue weighted by atomic mass is 16.5. The Kier molecular flexibility index (Phi) is 5.85. The average Bonchev–Trinajstić information content (AvgIpc) is 3.22. The molecule has 0 fully saturated rings. The van der Waals surface area contributed by atoms with Crippen LogP contribution in [0.15, 0.2) is 85.2 Å². The summed E-state index contributed by atoms with van der Waals surface area (Å²) in [4.78, 5) is 17.2. The molecule has 0 aliphatic rings. The van der Waals surface area contributed by atoms with Gasteiger partial charge in [0.05, 0.1) is 31.5 Å². The number of rotatable bonds is 7. The molecule has 0 atom stereocenters. The minimum absolute atomic E-state index is 0.189. The molecule has 0 bridgehead atoms. The summed E-state index contributed by atoms with van der Waals surface area (Å²) in [5, 5.41) is 7.65. The summed E-state index contributed by atoms with van der Waals surface area (Å²) in [6.07, 6.45) is 3.50. The van der Waals surface area contributed by atoms with Gasteiger partial charge in [-0.05, 0) is 42.0 Å². The lowest BCUT2D eigenvalue weighted by Crippen LogP contribution is -2.23. The maximum atomic E-state index is 13.0. The Morgan fingerprint density at radius 1 is 1.00 bits per heavy atom. The van der Waals surface area contributed by atoms with Crippen molar-refractivity contribution in [2.24, 2.45) is 0 Å². The first-order valence-electron chi connectivity index (χ1n) is 9.67. The Morgan fingerprint density at radius 2 is 1.77 bits per heavy atom. The lowest BCUT2D eigenvalue weighted by atomic mass is 10.1. The van der Waals surface area contributed by atoms with E-state index in [-0.39, 0.29) is 5.91 Å². The van der Waals surface area contributed by atoms with Crippen LogP contribution in [-0.2, 0) is 13.1 Å². The first kappa shape index (κ1) is 19.4. The predicted molar refractivity (Wildman–Crippen MR) is 115 cm³/mol. The summed E-state index contributed by atoms with van der Waals surface area (Å²) < 4.78 is 7.04. The van der Waals surface area contributed by atoms with Gasteiger partial charge in [0, 0.05) is 18.0 Å². The second-order valence-corrected chi connectivity index (χ2v) is 6.81. The minimum Gasteiger partial charge on any atom is -0.497 e. The number of nitrogens with zero attached hydrogens (tertiary/aromatic N) is 3. The molecule has 6 nitrogen and oxygen atoms in total. The van der Waals surface area contributed by atoms with Crippen LogP contribution in [0.2, 0.25) is 0 Å². The van der Waals surface area contributed by atoms with Gasteiger partial charge in [0.15, 0.2) is 0 Å². The molecule has 0 saturated carbocycles. The molecular formula is C24H22N4O2. The van der Waals surface area contributed by atoms with E-state index < -0.39 is 0 Å². The summed E-state index contributed by atoms with van der Waals surface area (Å²) in [5.41, 5.74) is 3.92. The number of benzene rings is 2. The predicted octanol–water partition coefficient (Wildman–Crippen LogP) is 3.93. The van der Waals surface area contributed by atoms with Crippen molar-refractivity contribution in [2.75, 3.05) is 7.11 Å². The molecule has 2 aromatic carbocycles. The van der Waals surface area contributed by atoms with E-state index in [0.717, 1.165) is 22.6 Å². The van der Waals surface area contributed by atoms with Crippen molar-refractivity contribution in [3.63, 3.8) is 0 Å². The Hall–Kier alpha value is -3.93. The fraction of sp³-hybridized carbons (Fsp3) is 0.125. The molecule has 150 valence electrons. The summed E-state index contributed by atoms with van der Waals surface area (Å²) in [7, 11) is 1.63. The average molecular weight is 398 g/mol. The Balaban J connectivity index is 1.62.